The second-order valence-corrected chi connectivity index (χ2v) is 7.95. The van der Waals surface area contributed by atoms with Gasteiger partial charge in [-0.25, -0.2) is 4.39 Å². The van der Waals surface area contributed by atoms with Crippen LogP contribution in [0.1, 0.15) is 37.7 Å². The first-order valence-corrected chi connectivity index (χ1v) is 11.0. The third kappa shape index (κ3) is 5.69. The number of methoxy groups -OCH3 is 1. The van der Waals surface area contributed by atoms with Crippen molar-refractivity contribution in [1.82, 2.24) is 5.16 Å². The second-order valence-electron chi connectivity index (χ2n) is 7.95. The molecule has 0 saturated heterocycles. The monoisotopic (exact) mass is 489 g/mol. The van der Waals surface area contributed by atoms with Gasteiger partial charge in [-0.3, -0.25) is 9.59 Å². The maximum atomic E-state index is 13.5. The van der Waals surface area contributed by atoms with Crippen LogP contribution in [0.4, 0.5) is 15.8 Å². The van der Waals surface area contributed by atoms with Crippen molar-refractivity contribution in [2.24, 2.45) is 0 Å². The van der Waals surface area contributed by atoms with Gasteiger partial charge in [0.1, 0.15) is 29.7 Å². The molecular weight excluding hydrogens is 465 g/mol. The first kappa shape index (κ1) is 24.5. The normalized spacial score (nSPS) is 10.6. The molecule has 0 spiro atoms. The third-order valence-electron chi connectivity index (χ3n) is 5.47. The van der Waals surface area contributed by atoms with E-state index in [1.165, 1.54) is 25.3 Å². The number of hydrogen-bond acceptors (Lipinski definition) is 6. The van der Waals surface area contributed by atoms with Crippen molar-refractivity contribution in [3.05, 3.63) is 101 Å². The van der Waals surface area contributed by atoms with E-state index in [-0.39, 0.29) is 11.5 Å². The summed E-state index contributed by atoms with van der Waals surface area (Å²) in [7, 11) is 1.46. The Labute approximate surface area is 207 Å². The number of aryl methyl sites for hydroxylation is 2. The topological polar surface area (TPSA) is 103 Å². The molecule has 0 aliphatic carbocycles. The SMILES string of the molecule is COc1ccc(NC(=O)c2ccc(OCc3c(C)noc3C)cc2)cc1NC(=O)c1cccc(F)c1. The molecule has 2 N–H and O–H groups in total. The third-order valence-corrected chi connectivity index (χ3v) is 5.47. The van der Waals surface area contributed by atoms with Gasteiger partial charge in [-0.1, -0.05) is 11.2 Å². The Kier molecular flexibility index (Phi) is 7.29. The molecule has 0 aliphatic rings. The molecule has 0 unspecified atom stereocenters. The van der Waals surface area contributed by atoms with Crippen LogP contribution in [-0.2, 0) is 6.61 Å². The minimum Gasteiger partial charge on any atom is -0.495 e. The highest BCUT2D eigenvalue weighted by molar-refractivity contribution is 6.07. The van der Waals surface area contributed by atoms with Crippen molar-refractivity contribution in [1.29, 1.82) is 0 Å². The number of nitrogens with zero attached hydrogens (tertiary/aromatic N) is 1. The first-order chi connectivity index (χ1) is 17.3. The van der Waals surface area contributed by atoms with Crippen molar-refractivity contribution in [3.63, 3.8) is 0 Å². The Hall–Kier alpha value is -4.66. The zero-order chi connectivity index (χ0) is 25.7. The lowest BCUT2D eigenvalue weighted by Crippen LogP contribution is -2.15. The zero-order valence-electron chi connectivity index (χ0n) is 19.9. The van der Waals surface area contributed by atoms with Gasteiger partial charge in [-0.2, -0.15) is 0 Å². The fourth-order valence-electron chi connectivity index (χ4n) is 3.48. The van der Waals surface area contributed by atoms with Gasteiger partial charge in [-0.15, -0.1) is 0 Å². The molecule has 3 aromatic carbocycles. The van der Waals surface area contributed by atoms with Gasteiger partial charge in [0.05, 0.1) is 24.1 Å². The summed E-state index contributed by atoms with van der Waals surface area (Å²) in [6.45, 7) is 3.98. The largest absolute Gasteiger partial charge is 0.495 e. The molecular formula is C27H24FN3O5. The Morgan fingerprint density at radius 2 is 1.69 bits per heavy atom. The molecule has 1 heterocycles. The van der Waals surface area contributed by atoms with E-state index in [4.69, 9.17) is 14.0 Å². The molecule has 1 aromatic heterocycles. The van der Waals surface area contributed by atoms with E-state index in [2.05, 4.69) is 15.8 Å². The summed E-state index contributed by atoms with van der Waals surface area (Å²) >= 11 is 0. The van der Waals surface area contributed by atoms with Gasteiger partial charge < -0.3 is 24.6 Å². The van der Waals surface area contributed by atoms with Crippen LogP contribution in [0.15, 0.2) is 71.3 Å². The van der Waals surface area contributed by atoms with E-state index in [9.17, 15) is 14.0 Å². The van der Waals surface area contributed by atoms with Gasteiger partial charge >= 0.3 is 0 Å². The second kappa shape index (κ2) is 10.7. The number of benzene rings is 3. The maximum Gasteiger partial charge on any atom is 0.255 e. The number of amides is 2. The molecule has 36 heavy (non-hydrogen) atoms. The van der Waals surface area contributed by atoms with Gasteiger partial charge in [0, 0.05) is 16.8 Å². The van der Waals surface area contributed by atoms with Crippen LogP contribution in [0.2, 0.25) is 0 Å². The summed E-state index contributed by atoms with van der Waals surface area (Å²) < 4.78 is 29.7. The quantitative estimate of drug-likeness (QED) is 0.338. The lowest BCUT2D eigenvalue weighted by molar-refractivity contribution is 0.101. The molecule has 9 heteroatoms. The van der Waals surface area contributed by atoms with Gasteiger partial charge in [0.2, 0.25) is 0 Å². The van der Waals surface area contributed by atoms with Crippen LogP contribution in [-0.4, -0.2) is 24.1 Å². The highest BCUT2D eigenvalue weighted by Gasteiger charge is 2.14. The minimum atomic E-state index is -0.518. The van der Waals surface area contributed by atoms with E-state index in [0.29, 0.717) is 40.8 Å². The van der Waals surface area contributed by atoms with Crippen molar-refractivity contribution >= 4 is 23.2 Å². The first-order valence-electron chi connectivity index (χ1n) is 11.0. The Bertz CT molecular complexity index is 1380. The predicted octanol–water partition coefficient (Wildman–Crippen LogP) is 5.52. The summed E-state index contributed by atoms with van der Waals surface area (Å²) in [4.78, 5) is 25.3. The predicted molar refractivity (Wildman–Crippen MR) is 132 cm³/mol. The molecule has 0 bridgehead atoms. The number of halogens is 1. The number of carbonyl (C=O) groups excluding carboxylic acids is 2. The lowest BCUT2D eigenvalue weighted by atomic mass is 10.1. The smallest absolute Gasteiger partial charge is 0.255 e. The fourth-order valence-corrected chi connectivity index (χ4v) is 3.48. The number of hydrogen-bond donors (Lipinski definition) is 2. The van der Waals surface area contributed by atoms with Crippen LogP contribution in [0, 0.1) is 19.7 Å². The van der Waals surface area contributed by atoms with Crippen LogP contribution >= 0.6 is 0 Å². The molecule has 0 saturated carbocycles. The molecule has 4 rings (SSSR count). The number of rotatable bonds is 8. The number of nitrogens with one attached hydrogen (secondary N) is 2. The molecule has 8 nitrogen and oxygen atoms in total. The van der Waals surface area contributed by atoms with Crippen molar-refractivity contribution in [3.8, 4) is 11.5 Å². The summed E-state index contributed by atoms with van der Waals surface area (Å²) in [6.07, 6.45) is 0. The number of anilines is 2. The van der Waals surface area contributed by atoms with Crippen LogP contribution in [0.25, 0.3) is 0 Å². The number of ether oxygens (including phenoxy) is 2. The van der Waals surface area contributed by atoms with Crippen molar-refractivity contribution in [2.75, 3.05) is 17.7 Å². The van der Waals surface area contributed by atoms with Crippen LogP contribution < -0.4 is 20.1 Å². The van der Waals surface area contributed by atoms with Gasteiger partial charge in [0.25, 0.3) is 11.8 Å². The molecule has 0 radical (unpaired) electrons. The van der Waals surface area contributed by atoms with E-state index in [1.54, 1.807) is 42.5 Å². The van der Waals surface area contributed by atoms with E-state index in [1.807, 2.05) is 13.8 Å². The van der Waals surface area contributed by atoms with E-state index in [0.717, 1.165) is 17.3 Å². The number of aromatic nitrogens is 1. The van der Waals surface area contributed by atoms with Crippen LogP contribution in [0.3, 0.4) is 0 Å². The standard InChI is InChI=1S/C27H24FN3O5/c1-16-23(17(2)36-31-16)15-35-22-10-7-18(8-11-22)26(32)29-21-9-12-25(34-3)24(14-21)30-27(33)19-5-4-6-20(28)13-19/h4-14H,15H2,1-3H3,(H,29,32)(H,30,33). The molecule has 0 atom stereocenters. The van der Waals surface area contributed by atoms with Gasteiger partial charge in [0.15, 0.2) is 0 Å². The number of carbonyl (C=O) groups is 2. The van der Waals surface area contributed by atoms with E-state index < -0.39 is 11.7 Å². The highest BCUT2D eigenvalue weighted by atomic mass is 19.1. The summed E-state index contributed by atoms with van der Waals surface area (Å²) in [5, 5.41) is 9.39. The lowest BCUT2D eigenvalue weighted by Gasteiger charge is -2.13. The Balaban J connectivity index is 1.42. The average Bonchev–Trinajstić information content (AvgIpc) is 3.20. The molecule has 0 aliphatic heterocycles. The zero-order valence-corrected chi connectivity index (χ0v) is 19.9. The molecule has 0 fully saturated rings. The summed E-state index contributed by atoms with van der Waals surface area (Å²) in [5.41, 5.74) is 3.00. The molecule has 4 aromatic rings. The maximum absolute atomic E-state index is 13.5. The fraction of sp³-hybridized carbons (Fsp3) is 0.148. The van der Waals surface area contributed by atoms with Crippen molar-refractivity contribution < 1.29 is 28.0 Å². The van der Waals surface area contributed by atoms with E-state index >= 15 is 0 Å². The van der Waals surface area contributed by atoms with Crippen LogP contribution in [0.5, 0.6) is 11.5 Å². The molecule has 184 valence electrons. The van der Waals surface area contributed by atoms with Crippen molar-refractivity contribution in [2.45, 2.75) is 20.5 Å². The summed E-state index contributed by atoms with van der Waals surface area (Å²) in [6, 6.07) is 16.9. The summed E-state index contributed by atoms with van der Waals surface area (Å²) in [5.74, 6) is 0.310. The Morgan fingerprint density at radius 3 is 2.36 bits per heavy atom. The molecule has 2 amide bonds. The average molecular weight is 490 g/mol. The highest BCUT2D eigenvalue weighted by Crippen LogP contribution is 2.29. The Morgan fingerprint density at radius 1 is 0.944 bits per heavy atom. The van der Waals surface area contributed by atoms with Gasteiger partial charge in [-0.05, 0) is 74.5 Å². The minimum absolute atomic E-state index is 0.156.